The van der Waals surface area contributed by atoms with Crippen LogP contribution in [-0.2, 0) is 9.59 Å². The van der Waals surface area contributed by atoms with Gasteiger partial charge in [0.25, 0.3) is 5.91 Å². The second-order valence-electron chi connectivity index (χ2n) is 7.40. The van der Waals surface area contributed by atoms with Gasteiger partial charge in [0.15, 0.2) is 0 Å². The normalized spacial score (nSPS) is 11.3. The summed E-state index contributed by atoms with van der Waals surface area (Å²) in [4.78, 5) is 36.9. The average molecular weight is 369 g/mol. The van der Waals surface area contributed by atoms with Crippen LogP contribution in [0.4, 0.5) is 5.69 Å². The van der Waals surface area contributed by atoms with E-state index in [2.05, 4.69) is 5.32 Å². The second-order valence-corrected chi connectivity index (χ2v) is 7.81. The minimum Gasteiger partial charge on any atom is -0.480 e. The second kappa shape index (κ2) is 8.34. The molecule has 0 unspecified atom stereocenters. The molecule has 0 aliphatic heterocycles. The summed E-state index contributed by atoms with van der Waals surface area (Å²) in [6, 6.07) is 4.29. The zero-order valence-corrected chi connectivity index (χ0v) is 16.0. The number of benzene rings is 1. The summed E-state index contributed by atoms with van der Waals surface area (Å²) in [5.74, 6) is -1.76. The first-order valence-corrected chi connectivity index (χ1v) is 8.40. The molecule has 138 valence electrons. The quantitative estimate of drug-likeness (QED) is 0.802. The Morgan fingerprint density at radius 2 is 1.84 bits per heavy atom. The number of carbonyl (C=O) groups excluding carboxylic acids is 2. The Hall–Kier alpha value is -2.08. The standard InChI is InChI=1S/C18H25ClN2O4/c1-11(2)21(10-16(23)24)17(25)13-8-12(6-7-14(13)19)20-15(22)9-18(3,4)5/h6-8,11H,9-10H2,1-5H3,(H,20,22)(H,23,24). The van der Waals surface area contributed by atoms with Crippen LogP contribution >= 0.6 is 11.6 Å². The van der Waals surface area contributed by atoms with Crippen LogP contribution in [0.3, 0.4) is 0 Å². The van der Waals surface area contributed by atoms with Crippen molar-refractivity contribution >= 4 is 35.1 Å². The van der Waals surface area contributed by atoms with Gasteiger partial charge in [-0.15, -0.1) is 0 Å². The van der Waals surface area contributed by atoms with Crippen LogP contribution in [0.2, 0.25) is 5.02 Å². The highest BCUT2D eigenvalue weighted by Crippen LogP contribution is 2.24. The first kappa shape index (κ1) is 21.0. The molecule has 0 spiro atoms. The van der Waals surface area contributed by atoms with Gasteiger partial charge in [-0.1, -0.05) is 32.4 Å². The molecule has 0 radical (unpaired) electrons. The van der Waals surface area contributed by atoms with E-state index >= 15 is 0 Å². The van der Waals surface area contributed by atoms with Crippen molar-refractivity contribution in [3.63, 3.8) is 0 Å². The predicted octanol–water partition coefficient (Wildman–Crippen LogP) is 3.65. The van der Waals surface area contributed by atoms with Crippen LogP contribution in [0.15, 0.2) is 18.2 Å². The number of hydrogen-bond donors (Lipinski definition) is 2. The summed E-state index contributed by atoms with van der Waals surface area (Å²) in [5, 5.41) is 11.9. The molecular formula is C18H25ClN2O4. The van der Waals surface area contributed by atoms with Gasteiger partial charge in [0, 0.05) is 18.2 Å². The molecule has 1 aromatic carbocycles. The van der Waals surface area contributed by atoms with Crippen molar-refractivity contribution in [2.24, 2.45) is 5.41 Å². The lowest BCUT2D eigenvalue weighted by Gasteiger charge is -2.25. The fraction of sp³-hybridized carbons (Fsp3) is 0.500. The summed E-state index contributed by atoms with van der Waals surface area (Å²) in [5.41, 5.74) is 0.441. The van der Waals surface area contributed by atoms with Crippen molar-refractivity contribution < 1.29 is 19.5 Å². The summed E-state index contributed by atoms with van der Waals surface area (Å²) >= 11 is 6.11. The van der Waals surface area contributed by atoms with E-state index in [1.54, 1.807) is 19.9 Å². The molecule has 0 saturated carbocycles. The summed E-state index contributed by atoms with van der Waals surface area (Å²) in [7, 11) is 0. The maximum Gasteiger partial charge on any atom is 0.323 e. The van der Waals surface area contributed by atoms with Crippen LogP contribution in [0.5, 0.6) is 0 Å². The Bertz CT molecular complexity index is 666. The van der Waals surface area contributed by atoms with Crippen molar-refractivity contribution in [1.29, 1.82) is 0 Å². The highest BCUT2D eigenvalue weighted by molar-refractivity contribution is 6.34. The SMILES string of the molecule is CC(C)N(CC(=O)O)C(=O)c1cc(NC(=O)CC(C)(C)C)ccc1Cl. The lowest BCUT2D eigenvalue weighted by Crippen LogP contribution is -2.40. The van der Waals surface area contributed by atoms with Crippen molar-refractivity contribution in [1.82, 2.24) is 4.90 Å². The van der Waals surface area contributed by atoms with Crippen LogP contribution in [0, 0.1) is 5.41 Å². The largest absolute Gasteiger partial charge is 0.480 e. The van der Waals surface area contributed by atoms with Crippen molar-refractivity contribution in [2.75, 3.05) is 11.9 Å². The monoisotopic (exact) mass is 368 g/mol. The van der Waals surface area contributed by atoms with Crippen molar-refractivity contribution in [3.05, 3.63) is 28.8 Å². The maximum absolute atomic E-state index is 12.7. The van der Waals surface area contributed by atoms with E-state index in [1.165, 1.54) is 17.0 Å². The van der Waals surface area contributed by atoms with Crippen LogP contribution in [-0.4, -0.2) is 40.4 Å². The average Bonchev–Trinajstić information content (AvgIpc) is 2.43. The van der Waals surface area contributed by atoms with Crippen molar-refractivity contribution in [2.45, 2.75) is 47.1 Å². The van der Waals surface area contributed by atoms with E-state index in [4.69, 9.17) is 16.7 Å². The van der Waals surface area contributed by atoms with Crippen LogP contribution in [0.1, 0.15) is 51.4 Å². The van der Waals surface area contributed by atoms with Crippen molar-refractivity contribution in [3.8, 4) is 0 Å². The number of amides is 2. The lowest BCUT2D eigenvalue weighted by atomic mass is 9.92. The Kier molecular flexibility index (Phi) is 6.99. The number of carboxylic acids is 1. The zero-order chi connectivity index (χ0) is 19.4. The van der Waals surface area contributed by atoms with Gasteiger partial charge in [-0.2, -0.15) is 0 Å². The van der Waals surface area contributed by atoms with E-state index in [1.807, 2.05) is 20.8 Å². The van der Waals surface area contributed by atoms with Gasteiger partial charge in [0.05, 0.1) is 10.6 Å². The molecule has 0 saturated heterocycles. The first-order valence-electron chi connectivity index (χ1n) is 8.03. The first-order chi connectivity index (χ1) is 11.4. The Labute approximate surface area is 153 Å². The molecule has 7 heteroatoms. The van der Waals surface area contributed by atoms with E-state index in [0.29, 0.717) is 12.1 Å². The number of carbonyl (C=O) groups is 3. The van der Waals surface area contributed by atoms with Gasteiger partial charge in [0.2, 0.25) is 5.91 Å². The molecule has 0 aliphatic carbocycles. The molecule has 1 rings (SSSR count). The number of hydrogen-bond acceptors (Lipinski definition) is 3. The maximum atomic E-state index is 12.7. The van der Waals surface area contributed by atoms with E-state index in [9.17, 15) is 14.4 Å². The van der Waals surface area contributed by atoms with Gasteiger partial charge in [0.1, 0.15) is 6.54 Å². The summed E-state index contributed by atoms with van der Waals surface area (Å²) in [6.07, 6.45) is 0.329. The van der Waals surface area contributed by atoms with Gasteiger partial charge in [-0.05, 0) is 37.5 Å². The number of nitrogens with one attached hydrogen (secondary N) is 1. The minimum absolute atomic E-state index is 0.158. The topological polar surface area (TPSA) is 86.7 Å². The lowest BCUT2D eigenvalue weighted by molar-refractivity contribution is -0.138. The highest BCUT2D eigenvalue weighted by Gasteiger charge is 2.24. The van der Waals surface area contributed by atoms with E-state index in [0.717, 1.165) is 0 Å². The molecule has 0 aromatic heterocycles. The number of aliphatic carboxylic acids is 1. The van der Waals surface area contributed by atoms with Gasteiger partial charge < -0.3 is 15.3 Å². The Morgan fingerprint density at radius 1 is 1.24 bits per heavy atom. The number of halogens is 1. The van der Waals surface area contributed by atoms with E-state index < -0.39 is 18.4 Å². The van der Waals surface area contributed by atoms with Crippen LogP contribution < -0.4 is 5.32 Å². The van der Waals surface area contributed by atoms with Gasteiger partial charge >= 0.3 is 5.97 Å². The molecule has 1 aromatic rings. The molecule has 0 atom stereocenters. The molecule has 25 heavy (non-hydrogen) atoms. The molecule has 0 heterocycles. The van der Waals surface area contributed by atoms with E-state index in [-0.39, 0.29) is 28.0 Å². The minimum atomic E-state index is -1.10. The number of rotatable bonds is 6. The predicted molar refractivity (Wildman–Crippen MR) is 98.0 cm³/mol. The third kappa shape index (κ3) is 6.74. The zero-order valence-electron chi connectivity index (χ0n) is 15.2. The highest BCUT2D eigenvalue weighted by atomic mass is 35.5. The Balaban J connectivity index is 3.05. The molecule has 0 bridgehead atoms. The van der Waals surface area contributed by atoms with Gasteiger partial charge in [-0.25, -0.2) is 0 Å². The number of carboxylic acid groups (broad SMARTS) is 1. The molecular weight excluding hydrogens is 344 g/mol. The molecule has 2 N–H and O–H groups in total. The molecule has 0 fully saturated rings. The summed E-state index contributed by atoms with van der Waals surface area (Å²) in [6.45, 7) is 8.89. The van der Waals surface area contributed by atoms with Crippen LogP contribution in [0.25, 0.3) is 0 Å². The van der Waals surface area contributed by atoms with Gasteiger partial charge in [-0.3, -0.25) is 14.4 Å². The third-order valence-electron chi connectivity index (χ3n) is 3.36. The molecule has 6 nitrogen and oxygen atoms in total. The third-order valence-corrected chi connectivity index (χ3v) is 3.69. The fourth-order valence-corrected chi connectivity index (χ4v) is 2.44. The number of anilines is 1. The number of nitrogens with zero attached hydrogens (tertiary/aromatic N) is 1. The Morgan fingerprint density at radius 3 is 2.32 bits per heavy atom. The fourth-order valence-electron chi connectivity index (χ4n) is 2.24. The molecule has 2 amide bonds. The summed E-state index contributed by atoms with van der Waals surface area (Å²) < 4.78 is 0. The molecule has 0 aliphatic rings. The smallest absolute Gasteiger partial charge is 0.323 e.